The number of hydrogen-bond acceptors (Lipinski definition) is 7. The minimum absolute atomic E-state index is 0.0383. The monoisotopic (exact) mass is 717 g/mol. The van der Waals surface area contributed by atoms with Crippen molar-refractivity contribution in [2.75, 3.05) is 25.5 Å². The predicted octanol–water partition coefficient (Wildman–Crippen LogP) is 6.61. The summed E-state index contributed by atoms with van der Waals surface area (Å²) in [5, 5.41) is 6.37. The maximum absolute atomic E-state index is 14.2. The summed E-state index contributed by atoms with van der Waals surface area (Å²) in [4.78, 5) is 47.3. The second kappa shape index (κ2) is 16.4. The zero-order chi connectivity index (χ0) is 35.8. The van der Waals surface area contributed by atoms with Crippen LogP contribution in [0.25, 0.3) is 10.9 Å². The van der Waals surface area contributed by atoms with Crippen LogP contribution in [-0.4, -0.2) is 48.3 Å². The van der Waals surface area contributed by atoms with Crippen LogP contribution in [0.15, 0.2) is 79.0 Å². The van der Waals surface area contributed by atoms with Gasteiger partial charge in [-0.2, -0.15) is 0 Å². The lowest BCUT2D eigenvalue weighted by Crippen LogP contribution is -2.38. The molecule has 0 fully saturated rings. The van der Waals surface area contributed by atoms with Crippen molar-refractivity contribution in [3.8, 4) is 11.5 Å². The van der Waals surface area contributed by atoms with Crippen molar-refractivity contribution in [3.05, 3.63) is 123 Å². The van der Waals surface area contributed by atoms with E-state index in [1.807, 2.05) is 13.0 Å². The molecule has 0 aliphatic rings. The Balaban J connectivity index is 1.22. The molecule has 50 heavy (non-hydrogen) atoms. The lowest BCUT2D eigenvalue weighted by atomic mass is 10.1. The number of rotatable bonds is 13. The first-order valence-corrected chi connectivity index (χ1v) is 16.4. The van der Waals surface area contributed by atoms with E-state index < -0.39 is 5.91 Å². The highest BCUT2D eigenvalue weighted by Crippen LogP contribution is 2.36. The molecule has 0 atom stereocenters. The van der Waals surface area contributed by atoms with Crippen LogP contribution in [-0.2, 0) is 29.2 Å². The maximum atomic E-state index is 14.2. The number of pyridine rings is 2. The number of nitrogens with zero attached hydrogens (tertiary/aromatic N) is 3. The highest BCUT2D eigenvalue weighted by Gasteiger charge is 2.20. The Bertz CT molecular complexity index is 2040. The second-order valence-electron chi connectivity index (χ2n) is 11.3. The van der Waals surface area contributed by atoms with Gasteiger partial charge in [0.2, 0.25) is 11.8 Å². The average molecular weight is 719 g/mol. The molecule has 3 aromatic carbocycles. The standard InChI is InChI=1S/C37H34Cl2FN5O5/c1-22-17-32(49-20-24-7-4-5-9-28(24)40)25-8-6-10-31(36(25)44-22)50-21-26-27(38)13-15-30(35(26)39)45(3)34(47)19-43-33(46)16-12-23-11-14-29(42-18-23)37(48)41-2/h4-11,13-15,17-18H,12,16,19-21H2,1-3H3,(H,41,48)(H,43,46). The first-order valence-electron chi connectivity index (χ1n) is 15.6. The zero-order valence-corrected chi connectivity index (χ0v) is 29.1. The molecule has 0 radical (unpaired) electrons. The summed E-state index contributed by atoms with van der Waals surface area (Å²) in [5.74, 6) is -0.392. The fourth-order valence-corrected chi connectivity index (χ4v) is 5.66. The van der Waals surface area contributed by atoms with Crippen molar-refractivity contribution in [1.29, 1.82) is 0 Å². The first-order chi connectivity index (χ1) is 24.0. The highest BCUT2D eigenvalue weighted by molar-refractivity contribution is 6.38. The number of likely N-dealkylation sites (N-methyl/N-ethyl adjacent to an activating group) is 1. The number of fused-ring (bicyclic) bond motifs is 1. The molecule has 5 aromatic rings. The van der Waals surface area contributed by atoms with E-state index in [9.17, 15) is 18.8 Å². The number of ether oxygens (including phenoxy) is 2. The normalized spacial score (nSPS) is 10.8. The van der Waals surface area contributed by atoms with Gasteiger partial charge in [0.25, 0.3) is 5.91 Å². The number of benzene rings is 3. The minimum atomic E-state index is -0.400. The van der Waals surface area contributed by atoms with Gasteiger partial charge in [0.1, 0.15) is 41.7 Å². The van der Waals surface area contributed by atoms with Crippen molar-refractivity contribution in [3.63, 3.8) is 0 Å². The number of aromatic nitrogens is 2. The van der Waals surface area contributed by atoms with Crippen molar-refractivity contribution in [1.82, 2.24) is 20.6 Å². The van der Waals surface area contributed by atoms with E-state index in [0.29, 0.717) is 56.4 Å². The molecule has 258 valence electrons. The van der Waals surface area contributed by atoms with E-state index in [1.165, 1.54) is 18.0 Å². The van der Waals surface area contributed by atoms with Crippen LogP contribution >= 0.6 is 23.2 Å². The summed E-state index contributed by atoms with van der Waals surface area (Å²) in [6, 6.07) is 20.2. The Hall–Kier alpha value is -5.26. The molecule has 2 N–H and O–H groups in total. The van der Waals surface area contributed by atoms with Gasteiger partial charge in [-0.3, -0.25) is 19.4 Å². The quantitative estimate of drug-likeness (QED) is 0.141. The summed E-state index contributed by atoms with van der Waals surface area (Å²) in [6.07, 6.45) is 2.06. The molecule has 10 nitrogen and oxygen atoms in total. The Labute approximate surface area is 298 Å². The lowest BCUT2D eigenvalue weighted by molar-refractivity contribution is -0.124. The van der Waals surface area contributed by atoms with Crippen LogP contribution < -0.4 is 25.0 Å². The van der Waals surface area contributed by atoms with Crippen LogP contribution in [0.3, 0.4) is 0 Å². The molecule has 0 aliphatic heterocycles. The molecule has 0 spiro atoms. The number of amides is 3. The number of para-hydroxylation sites is 1. The molecule has 2 aromatic heterocycles. The summed E-state index contributed by atoms with van der Waals surface area (Å²) in [6.45, 7) is 1.57. The summed E-state index contributed by atoms with van der Waals surface area (Å²) < 4.78 is 26.4. The number of anilines is 1. The summed E-state index contributed by atoms with van der Waals surface area (Å²) >= 11 is 13.3. The maximum Gasteiger partial charge on any atom is 0.269 e. The fraction of sp³-hybridized carbons (Fsp3) is 0.216. The van der Waals surface area contributed by atoms with Crippen LogP contribution in [0.1, 0.15) is 39.3 Å². The SMILES string of the molecule is CNC(=O)c1ccc(CCC(=O)NCC(=O)N(C)c2ccc(Cl)c(COc3cccc4c(OCc5ccccc5F)cc(C)nc34)c2Cl)cn1. The van der Waals surface area contributed by atoms with Gasteiger partial charge in [-0.15, -0.1) is 0 Å². The first kappa shape index (κ1) is 36.0. The van der Waals surface area contributed by atoms with E-state index >= 15 is 0 Å². The summed E-state index contributed by atoms with van der Waals surface area (Å²) in [7, 11) is 3.07. The number of nitrogens with one attached hydrogen (secondary N) is 2. The number of halogens is 3. The van der Waals surface area contributed by atoms with Crippen LogP contribution in [0.4, 0.5) is 10.1 Å². The van der Waals surface area contributed by atoms with Gasteiger partial charge in [-0.25, -0.2) is 9.37 Å². The number of carbonyl (C=O) groups excluding carboxylic acids is 3. The second-order valence-corrected chi connectivity index (χ2v) is 12.1. The largest absolute Gasteiger partial charge is 0.488 e. The zero-order valence-electron chi connectivity index (χ0n) is 27.6. The highest BCUT2D eigenvalue weighted by atomic mass is 35.5. The fourth-order valence-electron chi connectivity index (χ4n) is 5.05. The number of carbonyl (C=O) groups is 3. The van der Waals surface area contributed by atoms with Crippen molar-refractivity contribution in [2.45, 2.75) is 33.0 Å². The van der Waals surface area contributed by atoms with Gasteiger partial charge in [0, 0.05) is 60.0 Å². The number of hydrogen-bond donors (Lipinski definition) is 2. The molecule has 5 rings (SSSR count). The van der Waals surface area contributed by atoms with E-state index in [-0.39, 0.29) is 54.5 Å². The predicted molar refractivity (Wildman–Crippen MR) is 190 cm³/mol. The van der Waals surface area contributed by atoms with Gasteiger partial charge in [-0.1, -0.05) is 53.5 Å². The van der Waals surface area contributed by atoms with E-state index in [4.69, 9.17) is 32.7 Å². The van der Waals surface area contributed by atoms with Gasteiger partial charge >= 0.3 is 0 Å². The Kier molecular flexibility index (Phi) is 11.8. The molecule has 0 unspecified atom stereocenters. The molecule has 0 bridgehead atoms. The van der Waals surface area contributed by atoms with Gasteiger partial charge in [-0.05, 0) is 55.3 Å². The molecular weight excluding hydrogens is 684 g/mol. The van der Waals surface area contributed by atoms with E-state index in [2.05, 4.69) is 20.6 Å². The van der Waals surface area contributed by atoms with Gasteiger partial charge < -0.3 is 25.0 Å². The summed E-state index contributed by atoms with van der Waals surface area (Å²) in [5.41, 5.74) is 3.54. The van der Waals surface area contributed by atoms with E-state index in [0.717, 1.165) is 5.56 Å². The minimum Gasteiger partial charge on any atom is -0.488 e. The molecule has 0 saturated carbocycles. The lowest BCUT2D eigenvalue weighted by Gasteiger charge is -2.21. The van der Waals surface area contributed by atoms with Gasteiger partial charge in [0.15, 0.2) is 0 Å². The Morgan fingerprint density at radius 1 is 0.940 bits per heavy atom. The van der Waals surface area contributed by atoms with Crippen molar-refractivity contribution < 1.29 is 28.2 Å². The average Bonchev–Trinajstić information content (AvgIpc) is 3.12. The third kappa shape index (κ3) is 8.66. The topological polar surface area (TPSA) is 123 Å². The molecule has 2 heterocycles. The van der Waals surface area contributed by atoms with Crippen molar-refractivity contribution >= 4 is 57.5 Å². The number of aryl methyl sites for hydroxylation is 2. The van der Waals surface area contributed by atoms with E-state index in [1.54, 1.807) is 73.9 Å². The molecule has 0 saturated heterocycles. The van der Waals surface area contributed by atoms with Crippen LogP contribution in [0.2, 0.25) is 10.0 Å². The Morgan fingerprint density at radius 3 is 2.46 bits per heavy atom. The van der Waals surface area contributed by atoms with Crippen LogP contribution in [0.5, 0.6) is 11.5 Å². The molecule has 13 heteroatoms. The van der Waals surface area contributed by atoms with Crippen molar-refractivity contribution in [2.24, 2.45) is 0 Å². The molecule has 0 aliphatic carbocycles. The molecular formula is C37H34Cl2FN5O5. The van der Waals surface area contributed by atoms with Gasteiger partial charge in [0.05, 0.1) is 17.3 Å². The third-order valence-electron chi connectivity index (χ3n) is 7.87. The smallest absolute Gasteiger partial charge is 0.269 e. The van der Waals surface area contributed by atoms with Crippen LogP contribution in [0, 0.1) is 12.7 Å². The Morgan fingerprint density at radius 2 is 1.72 bits per heavy atom. The molecule has 3 amide bonds. The third-order valence-corrected chi connectivity index (χ3v) is 8.64.